The molecule has 0 radical (unpaired) electrons. The molecule has 5 rings (SSSR count). The maximum absolute atomic E-state index is 12.5. The van der Waals surface area contributed by atoms with Crippen molar-refractivity contribution in [3.05, 3.63) is 77.1 Å². The summed E-state index contributed by atoms with van der Waals surface area (Å²) in [5.41, 5.74) is 11.5. The molecule has 1 fully saturated rings. The lowest BCUT2D eigenvalue weighted by Crippen LogP contribution is -2.29. The number of nitrogens with two attached hydrogens (primary N) is 1. The summed E-state index contributed by atoms with van der Waals surface area (Å²) >= 11 is 0. The van der Waals surface area contributed by atoms with E-state index in [2.05, 4.69) is 26.6 Å². The van der Waals surface area contributed by atoms with Crippen LogP contribution in [0.2, 0.25) is 0 Å². The Labute approximate surface area is 182 Å². The summed E-state index contributed by atoms with van der Waals surface area (Å²) in [5.74, 6) is -0.690. The average molecular weight is 422 g/mol. The third-order valence-electron chi connectivity index (χ3n) is 5.88. The van der Waals surface area contributed by atoms with Gasteiger partial charge in [0.15, 0.2) is 0 Å². The van der Waals surface area contributed by atoms with Crippen molar-refractivity contribution < 1.29 is 9.59 Å². The van der Waals surface area contributed by atoms with E-state index >= 15 is 0 Å². The van der Waals surface area contributed by atoms with E-state index in [4.69, 9.17) is 11.0 Å². The molecule has 8 nitrogen and oxygen atoms in total. The van der Waals surface area contributed by atoms with Crippen LogP contribution in [0.25, 0.3) is 21.8 Å². The Morgan fingerprint density at radius 3 is 2.59 bits per heavy atom. The number of H-pyrrole nitrogens is 1. The van der Waals surface area contributed by atoms with Gasteiger partial charge in [-0.2, -0.15) is 10.4 Å². The van der Waals surface area contributed by atoms with Crippen molar-refractivity contribution in [2.75, 3.05) is 0 Å². The Bertz CT molecular complexity index is 1460. The fourth-order valence-electron chi connectivity index (χ4n) is 3.84. The molecule has 8 heteroatoms. The summed E-state index contributed by atoms with van der Waals surface area (Å²) < 4.78 is 0. The number of carbonyl (C=O) groups excluding carboxylic acids is 2. The first-order valence-corrected chi connectivity index (χ1v) is 10.1. The van der Waals surface area contributed by atoms with Crippen molar-refractivity contribution in [1.29, 1.82) is 5.26 Å². The molecule has 32 heavy (non-hydrogen) atoms. The Hall–Kier alpha value is -4.51. The van der Waals surface area contributed by atoms with Gasteiger partial charge in [0.1, 0.15) is 0 Å². The van der Waals surface area contributed by atoms with Crippen LogP contribution in [0.3, 0.4) is 0 Å². The molecule has 1 saturated carbocycles. The number of hydrogen-bond acceptors (Lipinski definition) is 5. The molecule has 2 aromatic heterocycles. The van der Waals surface area contributed by atoms with Gasteiger partial charge in [-0.1, -0.05) is 18.2 Å². The number of primary amides is 1. The molecule has 0 atom stereocenters. The number of amides is 2. The van der Waals surface area contributed by atoms with Gasteiger partial charge < -0.3 is 10.7 Å². The predicted molar refractivity (Wildman–Crippen MR) is 120 cm³/mol. The number of rotatable bonds is 5. The standard InChI is InChI=1S/C24H18N6O2/c25-11-14-1-3-15(4-2-14)12-28-30-22(31)16-5-6-17-18-10-21(24(7-8-24)23(26)32)27-13-20(18)29-19(17)9-16/h1-6,9-10,12-13,29H,7-8H2,(H2,26,32)(H,30,31). The van der Waals surface area contributed by atoms with Gasteiger partial charge >= 0.3 is 0 Å². The summed E-state index contributed by atoms with van der Waals surface area (Å²) in [5, 5.41) is 14.7. The zero-order chi connectivity index (χ0) is 22.3. The predicted octanol–water partition coefficient (Wildman–Crippen LogP) is 2.87. The van der Waals surface area contributed by atoms with Crippen LogP contribution in [-0.2, 0) is 10.2 Å². The molecule has 0 unspecified atom stereocenters. The summed E-state index contributed by atoms with van der Waals surface area (Å²) in [6, 6.07) is 16.2. The van der Waals surface area contributed by atoms with E-state index in [1.54, 1.807) is 42.6 Å². The molecule has 0 spiro atoms. The highest BCUT2D eigenvalue weighted by Crippen LogP contribution is 2.47. The number of aromatic nitrogens is 2. The molecule has 1 aliphatic carbocycles. The summed E-state index contributed by atoms with van der Waals surface area (Å²) in [7, 11) is 0. The fraction of sp³-hybridized carbons (Fsp3) is 0.125. The normalized spacial score (nSPS) is 14.5. The van der Waals surface area contributed by atoms with Crippen LogP contribution in [0.15, 0.2) is 59.8 Å². The van der Waals surface area contributed by atoms with Crippen LogP contribution in [0.1, 0.15) is 40.0 Å². The van der Waals surface area contributed by atoms with Gasteiger partial charge in [-0.15, -0.1) is 0 Å². The zero-order valence-electron chi connectivity index (χ0n) is 16.9. The van der Waals surface area contributed by atoms with Crippen molar-refractivity contribution in [3.8, 4) is 6.07 Å². The van der Waals surface area contributed by atoms with Crippen molar-refractivity contribution in [2.45, 2.75) is 18.3 Å². The Balaban J connectivity index is 1.38. The third kappa shape index (κ3) is 3.26. The van der Waals surface area contributed by atoms with E-state index in [1.807, 2.05) is 12.1 Å². The first-order chi connectivity index (χ1) is 15.5. The smallest absolute Gasteiger partial charge is 0.271 e. The minimum Gasteiger partial charge on any atom is -0.369 e. The maximum Gasteiger partial charge on any atom is 0.271 e. The highest BCUT2D eigenvalue weighted by Gasteiger charge is 2.51. The number of aromatic amines is 1. The SMILES string of the molecule is N#Cc1ccc(C=NNC(=O)c2ccc3c(c2)[nH]c2cnc(C4(C(N)=O)CC4)cc23)cc1. The number of pyridine rings is 1. The summed E-state index contributed by atoms with van der Waals surface area (Å²) in [4.78, 5) is 32.1. The van der Waals surface area contributed by atoms with Crippen LogP contribution in [0.4, 0.5) is 0 Å². The molecular formula is C24H18N6O2. The second kappa shape index (κ2) is 7.32. The molecule has 1 aliphatic rings. The van der Waals surface area contributed by atoms with Gasteiger partial charge in [-0.3, -0.25) is 14.6 Å². The molecule has 0 bridgehead atoms. The Kier molecular flexibility index (Phi) is 4.45. The molecule has 156 valence electrons. The summed E-state index contributed by atoms with van der Waals surface area (Å²) in [6.07, 6.45) is 4.66. The number of hydrazone groups is 1. The molecule has 4 N–H and O–H groups in total. The lowest BCUT2D eigenvalue weighted by atomic mass is 9.99. The molecular weight excluding hydrogens is 404 g/mol. The van der Waals surface area contributed by atoms with Crippen LogP contribution in [0, 0.1) is 11.3 Å². The lowest BCUT2D eigenvalue weighted by molar-refractivity contribution is -0.120. The monoisotopic (exact) mass is 422 g/mol. The number of nitrogens with zero attached hydrogens (tertiary/aromatic N) is 3. The molecule has 2 amide bonds. The first-order valence-electron chi connectivity index (χ1n) is 10.1. The van der Waals surface area contributed by atoms with Crippen molar-refractivity contribution in [1.82, 2.24) is 15.4 Å². The number of hydrogen-bond donors (Lipinski definition) is 3. The van der Waals surface area contributed by atoms with Crippen LogP contribution in [0.5, 0.6) is 0 Å². The number of fused-ring (bicyclic) bond motifs is 3. The van der Waals surface area contributed by atoms with E-state index in [0.29, 0.717) is 16.8 Å². The average Bonchev–Trinajstić information content (AvgIpc) is 3.55. The minimum absolute atomic E-state index is 0.343. The highest BCUT2D eigenvalue weighted by atomic mass is 16.2. The Morgan fingerprint density at radius 2 is 1.91 bits per heavy atom. The lowest BCUT2D eigenvalue weighted by Gasteiger charge is -2.09. The molecule has 0 aliphatic heterocycles. The fourth-order valence-corrected chi connectivity index (χ4v) is 3.84. The van der Waals surface area contributed by atoms with Gasteiger partial charge in [-0.25, -0.2) is 5.43 Å². The van der Waals surface area contributed by atoms with Crippen LogP contribution in [-0.4, -0.2) is 28.0 Å². The van der Waals surface area contributed by atoms with E-state index in [0.717, 1.165) is 40.2 Å². The zero-order valence-corrected chi connectivity index (χ0v) is 16.9. The first kappa shape index (κ1) is 19.5. The number of nitriles is 1. The van der Waals surface area contributed by atoms with Gasteiger partial charge in [0.05, 0.1) is 40.7 Å². The topological polar surface area (TPSA) is 137 Å². The van der Waals surface area contributed by atoms with Crippen LogP contribution < -0.4 is 11.2 Å². The van der Waals surface area contributed by atoms with Gasteiger partial charge in [0.2, 0.25) is 5.91 Å². The Morgan fingerprint density at radius 1 is 1.12 bits per heavy atom. The van der Waals surface area contributed by atoms with E-state index in [-0.39, 0.29) is 11.8 Å². The van der Waals surface area contributed by atoms with Crippen LogP contribution >= 0.6 is 0 Å². The molecule has 2 aromatic carbocycles. The molecule has 0 saturated heterocycles. The summed E-state index contributed by atoms with van der Waals surface area (Å²) in [6.45, 7) is 0. The van der Waals surface area contributed by atoms with E-state index in [9.17, 15) is 9.59 Å². The van der Waals surface area contributed by atoms with Gasteiger partial charge in [0, 0.05) is 21.9 Å². The van der Waals surface area contributed by atoms with Crippen molar-refractivity contribution in [2.24, 2.45) is 10.8 Å². The van der Waals surface area contributed by atoms with Crippen molar-refractivity contribution in [3.63, 3.8) is 0 Å². The maximum atomic E-state index is 12.5. The second-order valence-electron chi connectivity index (χ2n) is 7.88. The number of carbonyl (C=O) groups is 2. The van der Waals surface area contributed by atoms with Gasteiger partial charge in [0.25, 0.3) is 5.91 Å². The largest absolute Gasteiger partial charge is 0.369 e. The number of benzene rings is 2. The third-order valence-corrected chi connectivity index (χ3v) is 5.88. The highest BCUT2D eigenvalue weighted by molar-refractivity contribution is 6.09. The minimum atomic E-state index is -0.648. The van der Waals surface area contributed by atoms with Gasteiger partial charge in [-0.05, 0) is 48.7 Å². The molecule has 4 aromatic rings. The van der Waals surface area contributed by atoms with E-state index in [1.165, 1.54) is 6.21 Å². The molecule has 2 heterocycles. The quantitative estimate of drug-likeness (QED) is 0.336. The number of nitrogens with one attached hydrogen (secondary N) is 2. The van der Waals surface area contributed by atoms with E-state index < -0.39 is 5.41 Å². The van der Waals surface area contributed by atoms with Crippen molar-refractivity contribution >= 4 is 39.8 Å². The second-order valence-corrected chi connectivity index (χ2v) is 7.88.